The quantitative estimate of drug-likeness (QED) is 0.0271. The van der Waals surface area contributed by atoms with Crippen molar-refractivity contribution in [1.82, 2.24) is 4.90 Å². The monoisotopic (exact) mass is 749 g/mol. The lowest BCUT2D eigenvalue weighted by atomic mass is 9.99. The highest BCUT2D eigenvalue weighted by atomic mass is 16.7. The Hall–Kier alpha value is -1.90. The van der Waals surface area contributed by atoms with Crippen LogP contribution in [0.15, 0.2) is 24.3 Å². The molecule has 0 aliphatic carbocycles. The molecule has 0 spiro atoms. The van der Waals surface area contributed by atoms with E-state index in [-0.39, 0.29) is 31.5 Å². The number of hydrogen-bond acceptors (Lipinski definition) is 8. The molecule has 53 heavy (non-hydrogen) atoms. The molecule has 0 N–H and O–H groups in total. The Bertz CT molecular complexity index is 870. The van der Waals surface area contributed by atoms with Crippen molar-refractivity contribution in [3.8, 4) is 0 Å². The van der Waals surface area contributed by atoms with Gasteiger partial charge in [0.15, 0.2) is 6.29 Å². The maximum atomic E-state index is 12.9. The van der Waals surface area contributed by atoms with Gasteiger partial charge in [0.1, 0.15) is 6.61 Å². The van der Waals surface area contributed by atoms with Gasteiger partial charge in [0.25, 0.3) is 0 Å². The third-order valence-corrected chi connectivity index (χ3v) is 9.96. The maximum Gasteiger partial charge on any atom is 0.508 e. The number of esters is 1. The summed E-state index contributed by atoms with van der Waals surface area (Å²) >= 11 is 0. The van der Waals surface area contributed by atoms with E-state index in [4.69, 9.17) is 23.7 Å². The molecule has 1 rings (SSSR count). The lowest BCUT2D eigenvalue weighted by molar-refractivity contribution is -0.160. The normalized spacial score (nSPS) is 15.8. The fraction of sp³-hybridized carbons (Fsp3) is 0.844. The van der Waals surface area contributed by atoms with Crippen LogP contribution in [0.25, 0.3) is 0 Å². The average molecular weight is 749 g/mol. The van der Waals surface area contributed by atoms with Crippen LogP contribution in [0.4, 0.5) is 4.79 Å². The molecule has 0 bridgehead atoms. The number of unbranched alkanes of at least 4 members (excludes halogenated alkanes) is 14. The molecule has 0 saturated carbocycles. The lowest BCUT2D eigenvalue weighted by Gasteiger charge is -2.31. The van der Waals surface area contributed by atoms with Crippen molar-refractivity contribution in [1.29, 1.82) is 0 Å². The van der Waals surface area contributed by atoms with Crippen LogP contribution < -0.4 is 0 Å². The van der Waals surface area contributed by atoms with E-state index in [1.165, 1.54) is 51.4 Å². The van der Waals surface area contributed by atoms with Gasteiger partial charge in [-0.15, -0.1) is 0 Å². The van der Waals surface area contributed by atoms with E-state index in [0.29, 0.717) is 32.2 Å². The van der Waals surface area contributed by atoms with Gasteiger partial charge in [-0.05, 0) is 90.1 Å². The highest BCUT2D eigenvalue weighted by molar-refractivity contribution is 5.69. The molecule has 2 unspecified atom stereocenters. The Morgan fingerprint density at radius 3 is 1.96 bits per heavy atom. The van der Waals surface area contributed by atoms with Gasteiger partial charge in [0, 0.05) is 38.0 Å². The van der Waals surface area contributed by atoms with E-state index in [2.05, 4.69) is 63.3 Å². The molecule has 0 aromatic carbocycles. The molecule has 1 aliphatic rings. The van der Waals surface area contributed by atoms with Crippen LogP contribution in [0.2, 0.25) is 0 Å². The number of hydrogen-bond donors (Lipinski definition) is 0. The molecular weight excluding hydrogens is 666 g/mol. The molecule has 1 radical (unpaired) electrons. The number of ether oxygens (including phenoxy) is 5. The molecule has 8 heteroatoms. The third-order valence-electron chi connectivity index (χ3n) is 9.96. The van der Waals surface area contributed by atoms with Gasteiger partial charge in [-0.2, -0.15) is 0 Å². The highest BCUT2D eigenvalue weighted by Crippen LogP contribution is 2.19. The first-order valence-corrected chi connectivity index (χ1v) is 22.0. The third kappa shape index (κ3) is 31.0. The van der Waals surface area contributed by atoms with Crippen molar-refractivity contribution in [2.45, 2.75) is 182 Å². The summed E-state index contributed by atoms with van der Waals surface area (Å²) < 4.78 is 29.1. The summed E-state index contributed by atoms with van der Waals surface area (Å²) in [5.74, 6) is 0.0252. The Morgan fingerprint density at radius 2 is 1.30 bits per heavy atom. The maximum absolute atomic E-state index is 12.9. The zero-order valence-electron chi connectivity index (χ0n) is 34.8. The average Bonchev–Trinajstić information content (AvgIpc) is 3.17. The van der Waals surface area contributed by atoms with Crippen molar-refractivity contribution in [3.05, 3.63) is 30.7 Å². The van der Waals surface area contributed by atoms with E-state index in [1.54, 1.807) is 0 Å². The Balaban J connectivity index is 2.54. The summed E-state index contributed by atoms with van der Waals surface area (Å²) in [5.41, 5.74) is 0. The van der Waals surface area contributed by atoms with Crippen LogP contribution in [0, 0.1) is 18.3 Å². The minimum absolute atomic E-state index is 0.0597. The first-order valence-electron chi connectivity index (χ1n) is 22.0. The number of likely N-dealkylation sites (tertiary alicyclic amines) is 1. The summed E-state index contributed by atoms with van der Waals surface area (Å²) in [6.07, 6.45) is 34.5. The molecule has 1 saturated heterocycles. The lowest BCUT2D eigenvalue weighted by Crippen LogP contribution is -2.37. The summed E-state index contributed by atoms with van der Waals surface area (Å²) in [6, 6.07) is 0. The SMILES string of the molecule is CC/C=C\CCCCOC(CCC(=O)OCC(CCCCCCC[CH]CCCCC)COC(=O)OCC1CCCN(CC)C1)OCCCC/C=C\CC. The fourth-order valence-electron chi connectivity index (χ4n) is 6.60. The van der Waals surface area contributed by atoms with Gasteiger partial charge in [-0.1, -0.05) is 116 Å². The van der Waals surface area contributed by atoms with Gasteiger partial charge < -0.3 is 28.6 Å². The van der Waals surface area contributed by atoms with E-state index >= 15 is 0 Å². The molecule has 309 valence electrons. The molecule has 8 nitrogen and oxygen atoms in total. The molecule has 1 fully saturated rings. The smallest absolute Gasteiger partial charge is 0.465 e. The molecule has 0 aromatic rings. The number of carbonyl (C=O) groups excluding carboxylic acids is 2. The Kier molecular flexibility index (Phi) is 34.3. The summed E-state index contributed by atoms with van der Waals surface area (Å²) in [6.45, 7) is 13.9. The number of nitrogens with zero attached hydrogens (tertiary/aromatic N) is 1. The van der Waals surface area contributed by atoms with Crippen LogP contribution >= 0.6 is 0 Å². The Labute approximate surface area is 326 Å². The van der Waals surface area contributed by atoms with Crippen molar-refractivity contribution in [3.63, 3.8) is 0 Å². The number of rotatable bonds is 36. The number of allylic oxidation sites excluding steroid dienone is 4. The molecule has 0 aromatic heterocycles. The summed E-state index contributed by atoms with van der Waals surface area (Å²) in [7, 11) is 0. The zero-order valence-corrected chi connectivity index (χ0v) is 34.8. The first kappa shape index (κ1) is 49.1. The van der Waals surface area contributed by atoms with Gasteiger partial charge in [0.2, 0.25) is 0 Å². The van der Waals surface area contributed by atoms with Crippen LogP contribution in [0.3, 0.4) is 0 Å². The predicted molar refractivity (Wildman–Crippen MR) is 219 cm³/mol. The number of piperidine rings is 1. The van der Waals surface area contributed by atoms with E-state index < -0.39 is 12.4 Å². The highest BCUT2D eigenvalue weighted by Gasteiger charge is 2.22. The second-order valence-electron chi connectivity index (χ2n) is 14.9. The number of carbonyl (C=O) groups is 2. The zero-order chi connectivity index (χ0) is 38.5. The van der Waals surface area contributed by atoms with Crippen molar-refractivity contribution in [2.75, 3.05) is 52.7 Å². The second kappa shape index (κ2) is 37.0. The molecule has 0 amide bonds. The van der Waals surface area contributed by atoms with E-state index in [1.807, 2.05) is 0 Å². The van der Waals surface area contributed by atoms with Crippen molar-refractivity contribution < 1.29 is 33.3 Å². The summed E-state index contributed by atoms with van der Waals surface area (Å²) in [5, 5.41) is 0. The second-order valence-corrected chi connectivity index (χ2v) is 14.9. The van der Waals surface area contributed by atoms with Crippen LogP contribution in [0.1, 0.15) is 175 Å². The van der Waals surface area contributed by atoms with Crippen molar-refractivity contribution in [2.24, 2.45) is 11.8 Å². The fourth-order valence-corrected chi connectivity index (χ4v) is 6.60. The summed E-state index contributed by atoms with van der Waals surface area (Å²) in [4.78, 5) is 27.9. The standard InChI is InChI=1S/C45H82NO7/c1-5-9-12-15-18-19-20-21-22-23-26-30-42(40-53-45(48)52-38-41-31-29-34-46(8-4)37-41)39-51-43(47)32-33-44(49-35-27-24-16-13-10-6-2)50-36-28-25-17-14-11-7-3/h10-11,13-14,18,41-42,44H,5-9,12,15-17,19-40H2,1-4H3/b13-10-,14-11-. The largest absolute Gasteiger partial charge is 0.508 e. The predicted octanol–water partition coefficient (Wildman–Crippen LogP) is 12.0. The topological polar surface area (TPSA) is 83.5 Å². The van der Waals surface area contributed by atoms with E-state index in [0.717, 1.165) is 103 Å². The minimum Gasteiger partial charge on any atom is -0.465 e. The molecule has 1 aliphatic heterocycles. The van der Waals surface area contributed by atoms with Crippen LogP contribution in [0.5, 0.6) is 0 Å². The van der Waals surface area contributed by atoms with Gasteiger partial charge in [-0.3, -0.25) is 4.79 Å². The van der Waals surface area contributed by atoms with Gasteiger partial charge in [-0.25, -0.2) is 4.79 Å². The first-order chi connectivity index (χ1) is 26.0. The Morgan fingerprint density at radius 1 is 0.679 bits per heavy atom. The molecule has 1 heterocycles. The molecular formula is C45H82NO7. The van der Waals surface area contributed by atoms with Crippen molar-refractivity contribution >= 4 is 12.1 Å². The van der Waals surface area contributed by atoms with Crippen LogP contribution in [-0.4, -0.2) is 76.0 Å². The van der Waals surface area contributed by atoms with Gasteiger partial charge in [0.05, 0.1) is 19.6 Å². The van der Waals surface area contributed by atoms with Crippen LogP contribution in [-0.2, 0) is 28.5 Å². The molecule has 2 atom stereocenters. The minimum atomic E-state index is -0.620. The van der Waals surface area contributed by atoms with E-state index in [9.17, 15) is 9.59 Å². The van der Waals surface area contributed by atoms with Gasteiger partial charge >= 0.3 is 12.1 Å².